The van der Waals surface area contributed by atoms with Crippen LogP contribution in [0.3, 0.4) is 0 Å². The van der Waals surface area contributed by atoms with Crippen LogP contribution in [0, 0.1) is 5.92 Å². The molecule has 516 valence electrons. The summed E-state index contributed by atoms with van der Waals surface area (Å²) in [7, 11) is 7.09. The maximum atomic E-state index is 14.2. The van der Waals surface area contributed by atoms with Gasteiger partial charge in [-0.05, 0) is 129 Å². The molecule has 4 atom stereocenters. The van der Waals surface area contributed by atoms with Gasteiger partial charge in [-0.15, -0.1) is 0 Å². The van der Waals surface area contributed by atoms with E-state index in [2.05, 4.69) is 41.2 Å². The van der Waals surface area contributed by atoms with E-state index in [1.165, 1.54) is 59.8 Å². The first kappa shape index (κ1) is 78.4. The van der Waals surface area contributed by atoms with E-state index >= 15 is 0 Å². The lowest BCUT2D eigenvalue weighted by molar-refractivity contribution is -0.127. The summed E-state index contributed by atoms with van der Waals surface area (Å²) in [6.45, 7) is 4.67. The van der Waals surface area contributed by atoms with Crippen molar-refractivity contribution in [3.63, 3.8) is 0 Å². The van der Waals surface area contributed by atoms with E-state index in [9.17, 15) is 43.2 Å². The molecule has 4 aromatic rings. The number of carbonyl (C=O) groups is 9. The van der Waals surface area contributed by atoms with E-state index < -0.39 is 47.5 Å². The molecular formula is C65H93N17O13. The highest BCUT2D eigenvalue weighted by Gasteiger charge is 2.28. The summed E-state index contributed by atoms with van der Waals surface area (Å²) in [5.74, 6) is -3.00. The molecule has 5 amide bonds. The number of aliphatic imine (C=N–C) groups is 4. The molecule has 0 radical (unpaired) electrons. The van der Waals surface area contributed by atoms with Crippen molar-refractivity contribution in [2.75, 3.05) is 61.7 Å². The summed E-state index contributed by atoms with van der Waals surface area (Å²) in [6.07, 6.45) is 3.30. The molecule has 30 nitrogen and oxygen atoms in total. The molecule has 0 aromatic heterocycles. The summed E-state index contributed by atoms with van der Waals surface area (Å²) >= 11 is 0. The van der Waals surface area contributed by atoms with E-state index in [0.717, 1.165) is 12.0 Å². The number of ketones is 4. The third-order valence-electron chi connectivity index (χ3n) is 14.7. The number of nitrogens with zero attached hydrogens (tertiary/aromatic N) is 4. The summed E-state index contributed by atoms with van der Waals surface area (Å²) in [6, 6.07) is 16.0. The van der Waals surface area contributed by atoms with Crippen LogP contribution in [0.5, 0.6) is 23.0 Å². The second-order valence-electron chi connectivity index (χ2n) is 22.0. The van der Waals surface area contributed by atoms with Gasteiger partial charge in [-0.1, -0.05) is 31.2 Å². The Balaban J connectivity index is 0.000000858. The van der Waals surface area contributed by atoms with Crippen molar-refractivity contribution in [3.8, 4) is 23.0 Å². The Morgan fingerprint density at radius 1 is 0.400 bits per heavy atom. The van der Waals surface area contributed by atoms with Crippen LogP contribution >= 0.6 is 0 Å². The number of carbonyl (C=O) groups excluding carboxylic acids is 9. The lowest BCUT2D eigenvalue weighted by atomic mass is 9.94. The molecule has 4 rings (SSSR count). The molecule has 30 heteroatoms. The summed E-state index contributed by atoms with van der Waals surface area (Å²) in [5, 5.41) is 10.9. The Kier molecular flexibility index (Phi) is 33.8. The normalized spacial score (nSPS) is 11.8. The van der Waals surface area contributed by atoms with E-state index in [1.54, 1.807) is 55.5 Å². The average molecular weight is 1320 g/mol. The number of nitrogens with two attached hydrogens (primary N) is 9. The first-order valence-electron chi connectivity index (χ1n) is 30.6. The first-order chi connectivity index (χ1) is 45.1. The molecule has 0 saturated heterocycles. The molecule has 0 aliphatic carbocycles. The fourth-order valence-electron chi connectivity index (χ4n) is 9.57. The quantitative estimate of drug-likeness (QED) is 0.0165. The lowest BCUT2D eigenvalue weighted by Crippen LogP contribution is -2.42. The fourth-order valence-corrected chi connectivity index (χ4v) is 9.57. The SMILES string of the molecule is CNC(=O)c1cc(CC(=O)[C@H](CCCN=C(N)N)NC(=O)c2cc(CC(=O)[C@H](CCCN=C(N)N)NC(=O)c3cc(CC(=O)[C@H](C)NC(=O)CCCCN=C(N)N)ccc3OC)ccc2OC)ccc1OC.COc1ccc(CC(=O)[C@@H](C)CCCN=C(N)N)cc1C(N)=O. The maximum absolute atomic E-state index is 14.2. The van der Waals surface area contributed by atoms with E-state index in [1.807, 2.05) is 6.92 Å². The average Bonchev–Trinajstić information content (AvgIpc) is 0.873. The number of Topliss-reactive ketones (excluding diaryl/α,β-unsaturated/α-hetero) is 4. The van der Waals surface area contributed by atoms with Crippen molar-refractivity contribution in [3.05, 3.63) is 117 Å². The minimum Gasteiger partial charge on any atom is -0.496 e. The molecule has 0 aliphatic heterocycles. The van der Waals surface area contributed by atoms with Gasteiger partial charge in [-0.25, -0.2) is 0 Å². The highest BCUT2D eigenvalue weighted by molar-refractivity contribution is 6.03. The highest BCUT2D eigenvalue weighted by Crippen LogP contribution is 2.26. The minimum atomic E-state index is -1.09. The molecule has 0 bridgehead atoms. The van der Waals surface area contributed by atoms with Crippen LogP contribution in [0.2, 0.25) is 0 Å². The van der Waals surface area contributed by atoms with Crippen molar-refractivity contribution in [2.24, 2.45) is 77.5 Å². The molecule has 0 fully saturated rings. The first-order valence-corrected chi connectivity index (χ1v) is 30.6. The van der Waals surface area contributed by atoms with Crippen LogP contribution in [0.15, 0.2) is 92.8 Å². The Morgan fingerprint density at radius 2 is 0.726 bits per heavy atom. The summed E-state index contributed by atoms with van der Waals surface area (Å²) in [4.78, 5) is 134. The molecule has 0 heterocycles. The van der Waals surface area contributed by atoms with Crippen molar-refractivity contribution < 1.29 is 62.1 Å². The monoisotopic (exact) mass is 1320 g/mol. The van der Waals surface area contributed by atoms with Gasteiger partial charge in [0.1, 0.15) is 28.8 Å². The molecule has 22 N–H and O–H groups in total. The number of unbranched alkanes of at least 4 members (excludes halogenated alkanes) is 1. The zero-order chi connectivity index (χ0) is 70.7. The smallest absolute Gasteiger partial charge is 0.255 e. The number of methoxy groups -OCH3 is 4. The molecule has 0 spiro atoms. The van der Waals surface area contributed by atoms with Crippen LogP contribution in [-0.2, 0) is 49.7 Å². The van der Waals surface area contributed by atoms with E-state index in [0.29, 0.717) is 73.4 Å². The molecule has 95 heavy (non-hydrogen) atoms. The van der Waals surface area contributed by atoms with Gasteiger partial charge in [-0.2, -0.15) is 0 Å². The number of nitrogens with one attached hydrogen (secondary N) is 4. The van der Waals surface area contributed by atoms with Gasteiger partial charge in [0.2, 0.25) is 5.91 Å². The van der Waals surface area contributed by atoms with Gasteiger partial charge in [0.15, 0.2) is 41.2 Å². The predicted molar refractivity (Wildman–Crippen MR) is 362 cm³/mol. The summed E-state index contributed by atoms with van der Waals surface area (Å²) < 4.78 is 21.4. The van der Waals surface area contributed by atoms with Gasteiger partial charge in [-0.3, -0.25) is 63.1 Å². The standard InChI is InChI=1S/C49H69N13O10.C16H24N4O3/c1-28(60-43(66)12-6-7-19-57-47(50)51)37(63)25-29-13-17-41(71-4)33(23-29)45(68)61-36(11-9-21-59-49(54)55)39(65)27-31-15-18-42(72-5)34(24-31)46(69)62-35(10-8-20-58-48(52)53)38(64)26-30-14-16-40(70-3)32(22-30)44(67)56-2;1-10(4-3-7-20-16(18)19)13(21)9-11-5-6-14(23-2)12(8-11)15(17)22/h13-18,22-24,28,35-36H,6-12,19-21,25-27H2,1-5H3,(H,56,67)(H,60,66)(H,61,68)(H,62,69)(H4,50,51,57)(H4,52,53,58)(H4,54,55,59);5-6,8,10H,3-4,7,9H2,1-2H3,(H2,17,22)(H4,18,19,20)/t28-,35-,36-;10-/m00/s1. The number of benzene rings is 4. The lowest BCUT2D eigenvalue weighted by Gasteiger charge is -2.20. The molecule has 4 aromatic carbocycles. The van der Waals surface area contributed by atoms with Crippen molar-refractivity contribution in [1.82, 2.24) is 21.3 Å². The second-order valence-corrected chi connectivity index (χ2v) is 22.0. The molecular weight excluding hydrogens is 1230 g/mol. The Bertz CT molecular complexity index is 3430. The Labute approximate surface area is 552 Å². The van der Waals surface area contributed by atoms with Gasteiger partial charge >= 0.3 is 0 Å². The molecule has 0 aliphatic rings. The largest absolute Gasteiger partial charge is 0.496 e. The van der Waals surface area contributed by atoms with Crippen molar-refractivity contribution in [2.45, 2.75) is 115 Å². The number of guanidine groups is 4. The fraction of sp³-hybridized carbons (Fsp3) is 0.431. The van der Waals surface area contributed by atoms with E-state index in [4.69, 9.17) is 70.6 Å². The van der Waals surface area contributed by atoms with Gasteiger partial charge in [0, 0.05) is 71.2 Å². The maximum Gasteiger partial charge on any atom is 0.255 e. The Morgan fingerprint density at radius 3 is 1.08 bits per heavy atom. The van der Waals surface area contributed by atoms with Crippen LogP contribution in [-0.4, -0.2) is 156 Å². The highest BCUT2D eigenvalue weighted by atomic mass is 16.5. The van der Waals surface area contributed by atoms with Crippen molar-refractivity contribution >= 4 is 76.5 Å². The zero-order valence-electron chi connectivity index (χ0n) is 55.1. The van der Waals surface area contributed by atoms with Gasteiger partial charge < -0.3 is 91.8 Å². The Hall–Kier alpha value is -10.8. The summed E-state index contributed by atoms with van der Waals surface area (Å²) in [5.41, 5.74) is 51.2. The minimum absolute atomic E-state index is 0.0222. The third kappa shape index (κ3) is 27.9. The topological polar surface area (TPSA) is 522 Å². The zero-order valence-corrected chi connectivity index (χ0v) is 55.1. The number of rotatable bonds is 40. The molecule has 0 unspecified atom stereocenters. The predicted octanol–water partition coefficient (Wildman–Crippen LogP) is 0.655. The van der Waals surface area contributed by atoms with Crippen LogP contribution < -0.4 is 91.8 Å². The number of amides is 5. The van der Waals surface area contributed by atoms with Crippen LogP contribution in [0.25, 0.3) is 0 Å². The van der Waals surface area contributed by atoms with Crippen LogP contribution in [0.4, 0.5) is 0 Å². The van der Waals surface area contributed by atoms with Crippen molar-refractivity contribution in [1.29, 1.82) is 0 Å². The second kappa shape index (κ2) is 40.9. The number of ether oxygens (including phenoxy) is 4. The molecule has 0 saturated carbocycles. The van der Waals surface area contributed by atoms with Gasteiger partial charge in [0.05, 0.1) is 68.8 Å². The third-order valence-corrected chi connectivity index (χ3v) is 14.7. The number of hydrogen-bond donors (Lipinski definition) is 13. The number of hydrogen-bond acceptors (Lipinski definition) is 17. The van der Waals surface area contributed by atoms with Gasteiger partial charge in [0.25, 0.3) is 23.6 Å². The van der Waals surface area contributed by atoms with E-state index in [-0.39, 0.29) is 145 Å². The van der Waals surface area contributed by atoms with Crippen LogP contribution in [0.1, 0.15) is 135 Å². The number of primary amides is 1.